The number of rotatable bonds is 15. The van der Waals surface area contributed by atoms with Gasteiger partial charge in [-0.15, -0.1) is 0 Å². The SMILES string of the molecule is CC(C)OC(=O)N1CCC2(CCC2CCOc2ccc(CC(=O)N3CC(CNCC(O)C(O)C(O)C(O)CO)C3)c(F)c2)CC1. The Morgan fingerprint density at radius 3 is 2.33 bits per heavy atom. The number of carbonyl (C=O) groups is 2. The van der Waals surface area contributed by atoms with Gasteiger partial charge in [-0.05, 0) is 68.9 Å². The molecule has 3 aliphatic rings. The summed E-state index contributed by atoms with van der Waals surface area (Å²) in [5.41, 5.74) is 0.549. The van der Waals surface area contributed by atoms with E-state index in [1.807, 2.05) is 13.8 Å². The number of aliphatic hydroxyl groups is 5. The second-order valence-corrected chi connectivity index (χ2v) is 13.2. The highest BCUT2D eigenvalue weighted by Crippen LogP contribution is 2.55. The Morgan fingerprint density at radius 1 is 1.04 bits per heavy atom. The summed E-state index contributed by atoms with van der Waals surface area (Å²) in [6.45, 7) is 6.23. The van der Waals surface area contributed by atoms with E-state index in [4.69, 9.17) is 14.6 Å². The zero-order valence-electron chi connectivity index (χ0n) is 26.3. The van der Waals surface area contributed by atoms with Crippen LogP contribution in [0.4, 0.5) is 9.18 Å². The van der Waals surface area contributed by atoms with Crippen LogP contribution in [-0.4, -0.2) is 130 Å². The standard InChI is InChI=1S/C32H50FN3O9/c1-20(2)45-31(43)35-10-8-32(9-11-35)7-5-23(32)6-12-44-24-4-3-22(25(33)14-24)13-28(40)36-17-21(18-36)15-34-16-26(38)29(41)30(42)27(39)19-37/h3-4,14,20-21,23,26-27,29-30,34,37-39,41-42H,5-13,15-19H2,1-2H3. The molecule has 5 atom stereocenters. The van der Waals surface area contributed by atoms with Gasteiger partial charge in [0.05, 0.1) is 31.8 Å². The highest BCUT2D eigenvalue weighted by molar-refractivity contribution is 5.79. The van der Waals surface area contributed by atoms with E-state index in [2.05, 4.69) is 5.32 Å². The van der Waals surface area contributed by atoms with Crippen LogP contribution in [0.2, 0.25) is 0 Å². The Kier molecular flexibility index (Phi) is 12.4. The summed E-state index contributed by atoms with van der Waals surface area (Å²) >= 11 is 0. The molecule has 13 heteroatoms. The van der Waals surface area contributed by atoms with Gasteiger partial charge in [-0.1, -0.05) is 6.07 Å². The molecule has 1 aromatic rings. The van der Waals surface area contributed by atoms with E-state index in [-0.39, 0.29) is 42.4 Å². The molecule has 0 radical (unpaired) electrons. The minimum Gasteiger partial charge on any atom is -0.493 e. The highest BCUT2D eigenvalue weighted by Gasteiger charge is 2.48. The largest absolute Gasteiger partial charge is 0.493 e. The molecule has 2 aliphatic heterocycles. The Bertz CT molecular complexity index is 1130. The molecule has 2 amide bonds. The third kappa shape index (κ3) is 9.05. The molecule has 45 heavy (non-hydrogen) atoms. The third-order valence-corrected chi connectivity index (χ3v) is 9.73. The van der Waals surface area contributed by atoms with E-state index in [1.54, 1.807) is 21.9 Å². The van der Waals surface area contributed by atoms with Crippen molar-refractivity contribution in [3.8, 4) is 5.75 Å². The van der Waals surface area contributed by atoms with Crippen LogP contribution >= 0.6 is 0 Å². The molecule has 1 spiro atoms. The Labute approximate surface area is 264 Å². The molecule has 0 bridgehead atoms. The number of nitrogens with zero attached hydrogens (tertiary/aromatic N) is 2. The van der Waals surface area contributed by atoms with Crippen molar-refractivity contribution < 1.29 is 49.0 Å². The quantitative estimate of drug-likeness (QED) is 0.160. The average Bonchev–Trinajstić information content (AvgIpc) is 2.99. The first-order valence-electron chi connectivity index (χ1n) is 16.1. The fraction of sp³-hybridized carbons (Fsp3) is 0.750. The van der Waals surface area contributed by atoms with Gasteiger partial charge < -0.3 is 50.1 Å². The van der Waals surface area contributed by atoms with Crippen molar-refractivity contribution in [1.29, 1.82) is 0 Å². The number of halogens is 1. The lowest BCUT2D eigenvalue weighted by Crippen LogP contribution is -2.55. The molecule has 1 saturated carbocycles. The predicted octanol–water partition coefficient (Wildman–Crippen LogP) is 0.658. The lowest BCUT2D eigenvalue weighted by atomic mass is 9.55. The van der Waals surface area contributed by atoms with Crippen LogP contribution in [0.25, 0.3) is 0 Å². The number of hydrogen-bond acceptors (Lipinski definition) is 10. The Morgan fingerprint density at radius 2 is 1.73 bits per heavy atom. The number of hydrogen-bond donors (Lipinski definition) is 6. The molecule has 12 nitrogen and oxygen atoms in total. The number of piperidine rings is 1. The molecule has 0 aromatic heterocycles. The molecule has 6 N–H and O–H groups in total. The maximum Gasteiger partial charge on any atom is 0.410 e. The van der Waals surface area contributed by atoms with Crippen molar-refractivity contribution in [1.82, 2.24) is 15.1 Å². The third-order valence-electron chi connectivity index (χ3n) is 9.73. The maximum absolute atomic E-state index is 14.8. The van der Waals surface area contributed by atoms with Crippen LogP contribution < -0.4 is 10.1 Å². The van der Waals surface area contributed by atoms with Gasteiger partial charge >= 0.3 is 6.09 Å². The van der Waals surface area contributed by atoms with Gasteiger partial charge in [-0.3, -0.25) is 4.79 Å². The minimum atomic E-state index is -1.68. The Balaban J connectivity index is 1.12. The smallest absolute Gasteiger partial charge is 0.410 e. The second-order valence-electron chi connectivity index (χ2n) is 13.2. The van der Waals surface area contributed by atoms with Crippen LogP contribution in [0.1, 0.15) is 51.5 Å². The van der Waals surface area contributed by atoms with Crippen molar-refractivity contribution in [2.75, 3.05) is 52.5 Å². The van der Waals surface area contributed by atoms with Crippen molar-refractivity contribution in [3.05, 3.63) is 29.6 Å². The topological polar surface area (TPSA) is 172 Å². The number of amides is 2. The van der Waals surface area contributed by atoms with Gasteiger partial charge in [-0.2, -0.15) is 0 Å². The number of ether oxygens (including phenoxy) is 2. The Hall–Kier alpha value is -2.55. The fourth-order valence-corrected chi connectivity index (χ4v) is 6.65. The number of aliphatic hydroxyl groups excluding tert-OH is 5. The molecule has 4 rings (SSSR count). The summed E-state index contributed by atoms with van der Waals surface area (Å²) in [6.07, 6.45) is -1.54. The highest BCUT2D eigenvalue weighted by atomic mass is 19.1. The molecule has 254 valence electrons. The molecule has 5 unspecified atom stereocenters. The zero-order chi connectivity index (χ0) is 32.7. The van der Waals surface area contributed by atoms with E-state index < -0.39 is 36.8 Å². The molecule has 2 heterocycles. The summed E-state index contributed by atoms with van der Waals surface area (Å²) in [5, 5.41) is 50.7. The lowest BCUT2D eigenvalue weighted by molar-refractivity contribution is -0.136. The number of nitrogens with one attached hydrogen (secondary N) is 1. The van der Waals surface area contributed by atoms with E-state index in [1.165, 1.54) is 6.07 Å². The summed E-state index contributed by atoms with van der Waals surface area (Å²) in [6, 6.07) is 4.62. The summed E-state index contributed by atoms with van der Waals surface area (Å²) in [7, 11) is 0. The fourth-order valence-electron chi connectivity index (χ4n) is 6.65. The number of benzene rings is 1. The molecular weight excluding hydrogens is 589 g/mol. The molecule has 2 saturated heterocycles. The van der Waals surface area contributed by atoms with E-state index in [0.29, 0.717) is 56.6 Å². The van der Waals surface area contributed by atoms with Gasteiger partial charge in [-0.25, -0.2) is 9.18 Å². The summed E-state index contributed by atoms with van der Waals surface area (Å²) < 4.78 is 26.1. The first-order chi connectivity index (χ1) is 21.4. The van der Waals surface area contributed by atoms with Crippen molar-refractivity contribution in [2.24, 2.45) is 17.3 Å². The van der Waals surface area contributed by atoms with Gasteiger partial charge in [0.15, 0.2) is 0 Å². The average molecular weight is 640 g/mol. The first kappa shape index (κ1) is 35.3. The zero-order valence-corrected chi connectivity index (χ0v) is 26.3. The predicted molar refractivity (Wildman–Crippen MR) is 162 cm³/mol. The molecule has 1 aliphatic carbocycles. The van der Waals surface area contributed by atoms with E-state index in [9.17, 15) is 34.4 Å². The summed E-state index contributed by atoms with van der Waals surface area (Å²) in [4.78, 5) is 28.3. The number of likely N-dealkylation sites (tertiary alicyclic amines) is 2. The van der Waals surface area contributed by atoms with Gasteiger partial charge in [0, 0.05) is 51.3 Å². The molecule has 1 aromatic carbocycles. The van der Waals surface area contributed by atoms with Crippen LogP contribution in [0.5, 0.6) is 5.75 Å². The maximum atomic E-state index is 14.8. The first-order valence-corrected chi connectivity index (χ1v) is 16.1. The van der Waals surface area contributed by atoms with Gasteiger partial charge in [0.1, 0.15) is 29.9 Å². The minimum absolute atomic E-state index is 0.0444. The van der Waals surface area contributed by atoms with Crippen LogP contribution in [-0.2, 0) is 16.0 Å². The molecule has 3 fully saturated rings. The summed E-state index contributed by atoms with van der Waals surface area (Å²) in [5.74, 6) is 0.406. The van der Waals surface area contributed by atoms with Crippen molar-refractivity contribution in [2.45, 2.75) is 82.9 Å². The van der Waals surface area contributed by atoms with E-state index >= 15 is 0 Å². The normalized spacial score (nSPS) is 22.4. The van der Waals surface area contributed by atoms with E-state index in [0.717, 1.165) is 32.1 Å². The lowest BCUT2D eigenvalue weighted by Gasteiger charge is -2.54. The van der Waals surface area contributed by atoms with Crippen LogP contribution in [0, 0.1) is 23.1 Å². The van der Waals surface area contributed by atoms with Crippen LogP contribution in [0.15, 0.2) is 18.2 Å². The van der Waals surface area contributed by atoms with Crippen molar-refractivity contribution in [3.63, 3.8) is 0 Å². The monoisotopic (exact) mass is 639 g/mol. The van der Waals surface area contributed by atoms with Crippen LogP contribution in [0.3, 0.4) is 0 Å². The van der Waals surface area contributed by atoms with Crippen molar-refractivity contribution >= 4 is 12.0 Å². The van der Waals surface area contributed by atoms with Gasteiger partial charge in [0.25, 0.3) is 0 Å². The second kappa shape index (κ2) is 15.8. The molecular formula is C32H50FN3O9. The van der Waals surface area contributed by atoms with Gasteiger partial charge in [0.2, 0.25) is 5.91 Å². The number of carbonyl (C=O) groups excluding carboxylic acids is 2.